The number of carboxylic acid groups (broad SMARTS) is 1. The van der Waals surface area contributed by atoms with E-state index in [9.17, 15) is 9.90 Å². The zero-order chi connectivity index (χ0) is 15.6. The Labute approximate surface area is 127 Å². The van der Waals surface area contributed by atoms with E-state index in [1.165, 1.54) is 19.3 Å². The molecule has 21 heavy (non-hydrogen) atoms. The van der Waals surface area contributed by atoms with Gasteiger partial charge < -0.3 is 10.0 Å². The van der Waals surface area contributed by atoms with Crippen molar-refractivity contribution in [1.82, 2.24) is 4.98 Å². The second-order valence-electron chi connectivity index (χ2n) is 6.99. The van der Waals surface area contributed by atoms with Crippen molar-refractivity contribution in [3.8, 4) is 0 Å². The van der Waals surface area contributed by atoms with Crippen LogP contribution in [0.25, 0.3) is 0 Å². The van der Waals surface area contributed by atoms with Crippen molar-refractivity contribution in [1.29, 1.82) is 0 Å². The minimum absolute atomic E-state index is 0.151. The fourth-order valence-electron chi connectivity index (χ4n) is 2.76. The molecule has 1 aliphatic rings. The normalized spacial score (nSPS) is 17.0. The second-order valence-corrected chi connectivity index (χ2v) is 6.99. The molecule has 0 radical (unpaired) electrons. The summed E-state index contributed by atoms with van der Waals surface area (Å²) in [6.07, 6.45) is 3.56. The molecule has 0 bridgehead atoms. The summed E-state index contributed by atoms with van der Waals surface area (Å²) in [6, 6.07) is 3.41. The Hall–Kier alpha value is -1.58. The van der Waals surface area contributed by atoms with Gasteiger partial charge in [-0.25, -0.2) is 9.78 Å². The van der Waals surface area contributed by atoms with Gasteiger partial charge >= 0.3 is 5.97 Å². The fourth-order valence-corrected chi connectivity index (χ4v) is 2.76. The van der Waals surface area contributed by atoms with E-state index in [1.807, 2.05) is 0 Å². The number of carboxylic acids is 1. The van der Waals surface area contributed by atoms with Crippen LogP contribution in [0.1, 0.15) is 63.0 Å². The van der Waals surface area contributed by atoms with Crippen LogP contribution in [0.5, 0.6) is 0 Å². The van der Waals surface area contributed by atoms with Gasteiger partial charge in [0.05, 0.1) is 5.56 Å². The van der Waals surface area contributed by atoms with Crippen LogP contribution in [0.4, 0.5) is 5.82 Å². The number of carbonyl (C=O) groups is 1. The molecule has 0 unspecified atom stereocenters. The molecule has 4 nitrogen and oxygen atoms in total. The fraction of sp³-hybridized carbons (Fsp3) is 0.647. The third-order valence-corrected chi connectivity index (χ3v) is 4.34. The average molecular weight is 290 g/mol. The van der Waals surface area contributed by atoms with Crippen LogP contribution in [-0.4, -0.2) is 29.1 Å². The number of hydrogen-bond donors (Lipinski definition) is 1. The summed E-state index contributed by atoms with van der Waals surface area (Å²) >= 11 is 0. The number of nitrogens with zero attached hydrogens (tertiary/aromatic N) is 2. The smallest absolute Gasteiger partial charge is 0.335 e. The molecular weight excluding hydrogens is 264 g/mol. The SMILES string of the molecule is CCC1CCN(c2cc(C(=O)O)cc(C(C)(C)C)n2)CC1. The molecule has 0 aliphatic carbocycles. The lowest BCUT2D eigenvalue weighted by atomic mass is 9.90. The van der Waals surface area contributed by atoms with Gasteiger partial charge in [-0.2, -0.15) is 0 Å². The number of aromatic carboxylic acids is 1. The van der Waals surface area contributed by atoms with E-state index in [2.05, 4.69) is 32.6 Å². The van der Waals surface area contributed by atoms with Gasteiger partial charge in [0.25, 0.3) is 0 Å². The molecule has 0 saturated carbocycles. The number of hydrogen-bond acceptors (Lipinski definition) is 3. The number of pyridine rings is 1. The summed E-state index contributed by atoms with van der Waals surface area (Å²) in [5.41, 5.74) is 1.03. The molecule has 0 atom stereocenters. The predicted octanol–water partition coefficient (Wildman–Crippen LogP) is 3.70. The average Bonchev–Trinajstić information content (AvgIpc) is 2.46. The lowest BCUT2D eigenvalue weighted by Gasteiger charge is -2.33. The Kier molecular flexibility index (Phi) is 4.55. The highest BCUT2D eigenvalue weighted by Gasteiger charge is 2.23. The van der Waals surface area contributed by atoms with Crippen LogP contribution in [0.15, 0.2) is 12.1 Å². The van der Waals surface area contributed by atoms with Crippen LogP contribution in [0.2, 0.25) is 0 Å². The predicted molar refractivity (Wildman–Crippen MR) is 85.1 cm³/mol. The minimum Gasteiger partial charge on any atom is -0.478 e. The van der Waals surface area contributed by atoms with Gasteiger partial charge in [0.15, 0.2) is 0 Å². The molecule has 0 aromatic carbocycles. The lowest BCUT2D eigenvalue weighted by molar-refractivity contribution is 0.0696. The summed E-state index contributed by atoms with van der Waals surface area (Å²) < 4.78 is 0. The van der Waals surface area contributed by atoms with E-state index < -0.39 is 5.97 Å². The highest BCUT2D eigenvalue weighted by molar-refractivity contribution is 5.88. The molecule has 1 N–H and O–H groups in total. The molecule has 1 aliphatic heterocycles. The minimum atomic E-state index is -0.882. The molecule has 1 aromatic heterocycles. The van der Waals surface area contributed by atoms with Gasteiger partial charge in [0.2, 0.25) is 0 Å². The molecule has 1 fully saturated rings. The van der Waals surface area contributed by atoms with Crippen molar-refractivity contribution >= 4 is 11.8 Å². The Balaban J connectivity index is 2.31. The lowest BCUT2D eigenvalue weighted by Crippen LogP contribution is -2.34. The molecule has 0 amide bonds. The van der Waals surface area contributed by atoms with E-state index in [4.69, 9.17) is 4.98 Å². The topological polar surface area (TPSA) is 53.4 Å². The first kappa shape index (κ1) is 15.8. The van der Waals surface area contributed by atoms with Crippen molar-refractivity contribution in [2.45, 2.75) is 52.4 Å². The molecule has 116 valence electrons. The summed E-state index contributed by atoms with van der Waals surface area (Å²) in [5.74, 6) is 0.730. The van der Waals surface area contributed by atoms with E-state index in [0.717, 1.165) is 30.5 Å². The third-order valence-electron chi connectivity index (χ3n) is 4.34. The molecule has 2 heterocycles. The van der Waals surface area contributed by atoms with E-state index >= 15 is 0 Å². The van der Waals surface area contributed by atoms with Gasteiger partial charge in [0.1, 0.15) is 5.82 Å². The van der Waals surface area contributed by atoms with Gasteiger partial charge in [-0.1, -0.05) is 34.1 Å². The quantitative estimate of drug-likeness (QED) is 0.922. The van der Waals surface area contributed by atoms with E-state index in [1.54, 1.807) is 12.1 Å². The second kappa shape index (κ2) is 6.04. The summed E-state index contributed by atoms with van der Waals surface area (Å²) in [6.45, 7) is 10.4. The van der Waals surface area contributed by atoms with Gasteiger partial charge in [-0.3, -0.25) is 0 Å². The first-order valence-corrected chi connectivity index (χ1v) is 7.82. The third kappa shape index (κ3) is 3.74. The first-order valence-electron chi connectivity index (χ1n) is 7.82. The molecule has 4 heteroatoms. The molecule has 1 aromatic rings. The first-order chi connectivity index (χ1) is 9.81. The molecule has 0 spiro atoms. The van der Waals surface area contributed by atoms with Crippen LogP contribution in [0, 0.1) is 5.92 Å². The van der Waals surface area contributed by atoms with Gasteiger partial charge in [-0.15, -0.1) is 0 Å². The Morgan fingerprint density at radius 3 is 2.43 bits per heavy atom. The number of aromatic nitrogens is 1. The van der Waals surface area contributed by atoms with Crippen molar-refractivity contribution in [2.24, 2.45) is 5.92 Å². The summed E-state index contributed by atoms with van der Waals surface area (Å²) in [4.78, 5) is 18.3. The maximum atomic E-state index is 11.4. The van der Waals surface area contributed by atoms with E-state index in [0.29, 0.717) is 5.56 Å². The van der Waals surface area contributed by atoms with Gasteiger partial charge in [-0.05, 0) is 30.9 Å². The maximum Gasteiger partial charge on any atom is 0.335 e. The highest BCUT2D eigenvalue weighted by Crippen LogP contribution is 2.28. The Bertz CT molecular complexity index is 512. The van der Waals surface area contributed by atoms with Crippen molar-refractivity contribution in [3.05, 3.63) is 23.4 Å². The number of anilines is 1. The van der Waals surface area contributed by atoms with Crippen molar-refractivity contribution in [3.63, 3.8) is 0 Å². The monoisotopic (exact) mass is 290 g/mol. The molecule has 1 saturated heterocycles. The van der Waals surface area contributed by atoms with Crippen LogP contribution >= 0.6 is 0 Å². The Morgan fingerprint density at radius 2 is 1.95 bits per heavy atom. The highest BCUT2D eigenvalue weighted by atomic mass is 16.4. The summed E-state index contributed by atoms with van der Waals surface area (Å²) in [7, 11) is 0. The zero-order valence-corrected chi connectivity index (χ0v) is 13.5. The van der Waals surface area contributed by atoms with Crippen LogP contribution in [0.3, 0.4) is 0 Å². The standard InChI is InChI=1S/C17H26N2O2/c1-5-12-6-8-19(9-7-12)15-11-13(16(20)21)10-14(18-15)17(2,3)4/h10-12H,5-9H2,1-4H3,(H,20,21). The largest absolute Gasteiger partial charge is 0.478 e. The van der Waals surface area contributed by atoms with Crippen molar-refractivity contribution < 1.29 is 9.90 Å². The maximum absolute atomic E-state index is 11.4. The van der Waals surface area contributed by atoms with Crippen molar-refractivity contribution in [2.75, 3.05) is 18.0 Å². The van der Waals surface area contributed by atoms with E-state index in [-0.39, 0.29) is 5.41 Å². The van der Waals surface area contributed by atoms with Gasteiger partial charge in [0, 0.05) is 24.2 Å². The van der Waals surface area contributed by atoms with Crippen LogP contribution in [-0.2, 0) is 5.41 Å². The number of piperidine rings is 1. The molecular formula is C17H26N2O2. The Morgan fingerprint density at radius 1 is 1.33 bits per heavy atom. The zero-order valence-electron chi connectivity index (χ0n) is 13.5. The van der Waals surface area contributed by atoms with Crippen LogP contribution < -0.4 is 4.90 Å². The molecule has 2 rings (SSSR count). The summed E-state index contributed by atoms with van der Waals surface area (Å²) in [5, 5.41) is 9.33. The number of rotatable bonds is 3.